The zero-order chi connectivity index (χ0) is 12.0. The Bertz CT molecular complexity index is 427. The third-order valence-electron chi connectivity index (χ3n) is 2.13. The summed E-state index contributed by atoms with van der Waals surface area (Å²) in [4.78, 5) is 15.6. The van der Waals surface area contributed by atoms with Gasteiger partial charge in [-0.05, 0) is 31.1 Å². The number of hydrogen-bond donors (Lipinski definition) is 1. The Morgan fingerprint density at radius 2 is 2.31 bits per heavy atom. The van der Waals surface area contributed by atoms with E-state index in [9.17, 15) is 4.79 Å². The highest BCUT2D eigenvalue weighted by molar-refractivity contribution is 7.78. The molecule has 16 heavy (non-hydrogen) atoms. The van der Waals surface area contributed by atoms with E-state index in [1.54, 1.807) is 6.08 Å². The molecule has 1 heterocycles. The van der Waals surface area contributed by atoms with Crippen LogP contribution < -0.4 is 5.32 Å². The zero-order valence-electron chi connectivity index (χ0n) is 9.36. The molecule has 1 amide bonds. The molecule has 0 spiro atoms. The quantitative estimate of drug-likeness (QED) is 0.640. The van der Waals surface area contributed by atoms with Gasteiger partial charge in [0.25, 0.3) is 0 Å². The van der Waals surface area contributed by atoms with Crippen molar-refractivity contribution in [3.63, 3.8) is 0 Å². The van der Waals surface area contributed by atoms with Crippen LogP contribution in [0.3, 0.4) is 0 Å². The summed E-state index contributed by atoms with van der Waals surface area (Å²) in [6, 6.07) is 3.99. The van der Waals surface area contributed by atoms with Crippen molar-refractivity contribution >= 4 is 29.7 Å². The Hall–Kier alpha value is -1.55. The third-order valence-corrected chi connectivity index (χ3v) is 2.24. The molecule has 0 saturated carbocycles. The molecule has 0 aliphatic rings. The molecule has 1 N–H and O–H groups in total. The summed E-state index contributed by atoms with van der Waals surface area (Å²) in [5.41, 5.74) is 4.09. The molecule has 84 valence electrons. The highest BCUT2D eigenvalue weighted by Gasteiger charge is 2.00. The average Bonchev–Trinajstić information content (AvgIpc) is 2.27. The number of hydrogen-bond acceptors (Lipinski definition) is 3. The molecular formula is C12H14N2OS. The first-order chi connectivity index (χ1) is 7.67. The number of aromatic nitrogens is 1. The van der Waals surface area contributed by atoms with Gasteiger partial charge in [-0.25, -0.2) is 0 Å². The number of thiocarbonyl (C=S) groups is 1. The molecule has 0 radical (unpaired) electrons. The second-order valence-corrected chi connectivity index (χ2v) is 3.55. The molecule has 0 fully saturated rings. The zero-order valence-corrected chi connectivity index (χ0v) is 10.2. The lowest BCUT2D eigenvalue weighted by Gasteiger charge is -2.03. The number of amides is 1. The minimum absolute atomic E-state index is 0.236. The van der Waals surface area contributed by atoms with Gasteiger partial charge in [-0.2, -0.15) is 0 Å². The number of carbonyl (C=O) groups is 1. The molecule has 1 aromatic rings. The molecule has 1 rings (SSSR count). The third kappa shape index (κ3) is 3.55. The standard InChI is InChI=1S/C12H14N2OS/c1-3-10-5-4-9(2)14-11(10)6-7-12(15)13-8-16/h4-8H,3H2,1-2H3,(H,13,15,16). The highest BCUT2D eigenvalue weighted by atomic mass is 32.1. The van der Waals surface area contributed by atoms with E-state index in [0.29, 0.717) is 0 Å². The van der Waals surface area contributed by atoms with Crippen LogP contribution in [0.1, 0.15) is 23.9 Å². The number of rotatable bonds is 4. The Kier molecular flexibility index (Phi) is 4.79. The van der Waals surface area contributed by atoms with Crippen LogP contribution in [0.25, 0.3) is 6.08 Å². The maximum atomic E-state index is 11.2. The fourth-order valence-electron chi connectivity index (χ4n) is 1.31. The molecule has 0 aromatic carbocycles. The molecule has 0 aliphatic heterocycles. The Balaban J connectivity index is 2.90. The Labute approximate surface area is 101 Å². The molecule has 4 heteroatoms. The fraction of sp³-hybridized carbons (Fsp3) is 0.250. The van der Waals surface area contributed by atoms with E-state index >= 15 is 0 Å². The van der Waals surface area contributed by atoms with E-state index in [0.717, 1.165) is 23.4 Å². The maximum absolute atomic E-state index is 11.2. The Morgan fingerprint density at radius 1 is 1.56 bits per heavy atom. The van der Waals surface area contributed by atoms with Gasteiger partial charge in [0.15, 0.2) is 0 Å². The molecule has 0 atom stereocenters. The summed E-state index contributed by atoms with van der Waals surface area (Å²) in [6.07, 6.45) is 4.03. The number of nitrogens with zero attached hydrogens (tertiary/aromatic N) is 1. The molecular weight excluding hydrogens is 220 g/mol. The van der Waals surface area contributed by atoms with Crippen molar-refractivity contribution in [2.75, 3.05) is 0 Å². The van der Waals surface area contributed by atoms with Crippen molar-refractivity contribution in [3.8, 4) is 0 Å². The molecule has 3 nitrogen and oxygen atoms in total. The predicted octanol–water partition coefficient (Wildman–Crippen LogP) is 2.04. The van der Waals surface area contributed by atoms with Gasteiger partial charge in [0.1, 0.15) is 0 Å². The molecule has 1 aromatic heterocycles. The van der Waals surface area contributed by atoms with E-state index in [1.165, 1.54) is 11.6 Å². The number of nitrogens with one attached hydrogen (secondary N) is 1. The summed E-state index contributed by atoms with van der Waals surface area (Å²) < 4.78 is 0. The maximum Gasteiger partial charge on any atom is 0.248 e. The van der Waals surface area contributed by atoms with Crippen LogP contribution in [0.4, 0.5) is 0 Å². The Morgan fingerprint density at radius 3 is 2.94 bits per heavy atom. The summed E-state index contributed by atoms with van der Waals surface area (Å²) in [5.74, 6) is -0.236. The topological polar surface area (TPSA) is 42.0 Å². The summed E-state index contributed by atoms with van der Waals surface area (Å²) in [7, 11) is 0. The lowest BCUT2D eigenvalue weighted by atomic mass is 10.1. The van der Waals surface area contributed by atoms with Crippen molar-refractivity contribution in [1.29, 1.82) is 0 Å². The lowest BCUT2D eigenvalue weighted by molar-refractivity contribution is -0.115. The largest absolute Gasteiger partial charge is 0.319 e. The SMILES string of the molecule is CCc1ccc(C)nc1C=CC(=O)NC=S. The summed E-state index contributed by atoms with van der Waals surface area (Å²) in [6.45, 7) is 3.98. The van der Waals surface area contributed by atoms with Crippen LogP contribution in [0, 0.1) is 6.92 Å². The van der Waals surface area contributed by atoms with Gasteiger partial charge in [0.05, 0.1) is 11.2 Å². The molecule has 0 unspecified atom stereocenters. The first kappa shape index (κ1) is 12.5. The average molecular weight is 234 g/mol. The first-order valence-corrected chi connectivity index (χ1v) is 5.53. The van der Waals surface area contributed by atoms with Crippen molar-refractivity contribution in [1.82, 2.24) is 10.3 Å². The number of aryl methyl sites for hydroxylation is 2. The van der Waals surface area contributed by atoms with Crippen molar-refractivity contribution in [2.24, 2.45) is 0 Å². The van der Waals surface area contributed by atoms with E-state index < -0.39 is 0 Å². The van der Waals surface area contributed by atoms with E-state index in [-0.39, 0.29) is 5.91 Å². The van der Waals surface area contributed by atoms with Crippen LogP contribution in [-0.2, 0) is 11.2 Å². The van der Waals surface area contributed by atoms with E-state index in [4.69, 9.17) is 0 Å². The summed E-state index contributed by atoms with van der Waals surface area (Å²) >= 11 is 4.52. The number of pyridine rings is 1. The minimum Gasteiger partial charge on any atom is -0.319 e. The number of carbonyl (C=O) groups excluding carboxylic acids is 1. The van der Waals surface area contributed by atoms with E-state index in [2.05, 4.69) is 29.4 Å². The van der Waals surface area contributed by atoms with Gasteiger partial charge in [-0.1, -0.05) is 25.2 Å². The van der Waals surface area contributed by atoms with Gasteiger partial charge < -0.3 is 5.32 Å². The molecule has 0 bridgehead atoms. The van der Waals surface area contributed by atoms with Crippen LogP contribution in [0.2, 0.25) is 0 Å². The van der Waals surface area contributed by atoms with Crippen molar-refractivity contribution in [2.45, 2.75) is 20.3 Å². The summed E-state index contributed by atoms with van der Waals surface area (Å²) in [5, 5.41) is 2.40. The van der Waals surface area contributed by atoms with E-state index in [1.807, 2.05) is 19.1 Å². The fourth-order valence-corrected chi connectivity index (χ4v) is 1.43. The van der Waals surface area contributed by atoms with Crippen LogP contribution in [0.5, 0.6) is 0 Å². The van der Waals surface area contributed by atoms with Crippen molar-refractivity contribution in [3.05, 3.63) is 35.2 Å². The van der Waals surface area contributed by atoms with Crippen LogP contribution in [0.15, 0.2) is 18.2 Å². The molecule has 0 aliphatic carbocycles. The van der Waals surface area contributed by atoms with Crippen LogP contribution >= 0.6 is 12.2 Å². The first-order valence-electron chi connectivity index (χ1n) is 5.06. The van der Waals surface area contributed by atoms with Crippen molar-refractivity contribution < 1.29 is 4.79 Å². The van der Waals surface area contributed by atoms with Gasteiger partial charge in [0.2, 0.25) is 5.91 Å². The van der Waals surface area contributed by atoms with Gasteiger partial charge >= 0.3 is 0 Å². The van der Waals surface area contributed by atoms with Gasteiger partial charge in [-0.15, -0.1) is 0 Å². The normalized spacial score (nSPS) is 10.4. The predicted molar refractivity (Wildman–Crippen MR) is 69.2 cm³/mol. The molecule has 0 saturated heterocycles. The smallest absolute Gasteiger partial charge is 0.248 e. The van der Waals surface area contributed by atoms with Gasteiger partial charge in [-0.3, -0.25) is 9.78 Å². The highest BCUT2D eigenvalue weighted by Crippen LogP contribution is 2.10. The lowest BCUT2D eigenvalue weighted by Crippen LogP contribution is -2.17. The van der Waals surface area contributed by atoms with Gasteiger partial charge in [0, 0.05) is 11.8 Å². The monoisotopic (exact) mass is 234 g/mol. The second-order valence-electron chi connectivity index (χ2n) is 3.31. The minimum atomic E-state index is -0.236. The van der Waals surface area contributed by atoms with Crippen LogP contribution in [-0.4, -0.2) is 16.4 Å². The second kappa shape index (κ2) is 6.12.